The highest BCUT2D eigenvalue weighted by atomic mass is 32.2. The number of anilines is 1. The average molecular weight is 298 g/mol. The summed E-state index contributed by atoms with van der Waals surface area (Å²) in [5.41, 5.74) is 6.21. The first-order valence-electron chi connectivity index (χ1n) is 7.01. The summed E-state index contributed by atoms with van der Waals surface area (Å²) in [5.74, 6) is 1.44. The Kier molecular flexibility index (Phi) is 5.25. The van der Waals surface area contributed by atoms with E-state index in [-0.39, 0.29) is 12.4 Å². The number of nitrogens with one attached hydrogen (secondary N) is 1. The molecule has 2 rings (SSSR count). The second-order valence-electron chi connectivity index (χ2n) is 5.22. The predicted octanol–water partition coefficient (Wildman–Crippen LogP) is 1.76. The van der Waals surface area contributed by atoms with Crippen molar-refractivity contribution in [2.45, 2.75) is 25.7 Å². The number of sulfonamides is 1. The van der Waals surface area contributed by atoms with Crippen LogP contribution in [0.4, 0.5) is 5.69 Å². The van der Waals surface area contributed by atoms with E-state index in [2.05, 4.69) is 4.72 Å². The van der Waals surface area contributed by atoms with Crippen LogP contribution in [0.3, 0.4) is 0 Å². The third kappa shape index (κ3) is 5.79. The lowest BCUT2D eigenvalue weighted by Gasteiger charge is -2.08. The van der Waals surface area contributed by atoms with Gasteiger partial charge in [-0.05, 0) is 43.0 Å². The summed E-state index contributed by atoms with van der Waals surface area (Å²) < 4.78 is 31.4. The molecule has 3 N–H and O–H groups in total. The summed E-state index contributed by atoms with van der Waals surface area (Å²) >= 11 is 0. The maximum atomic E-state index is 11.7. The quantitative estimate of drug-likeness (QED) is 0.537. The predicted molar refractivity (Wildman–Crippen MR) is 80.1 cm³/mol. The van der Waals surface area contributed by atoms with Crippen molar-refractivity contribution < 1.29 is 13.2 Å². The van der Waals surface area contributed by atoms with Crippen LogP contribution < -0.4 is 15.2 Å². The highest BCUT2D eigenvalue weighted by molar-refractivity contribution is 7.89. The average Bonchev–Trinajstić information content (AvgIpc) is 3.21. The van der Waals surface area contributed by atoms with Crippen LogP contribution in [0.2, 0.25) is 0 Å². The van der Waals surface area contributed by atoms with Crippen LogP contribution in [0, 0.1) is 5.92 Å². The first kappa shape index (κ1) is 15.1. The van der Waals surface area contributed by atoms with Crippen molar-refractivity contribution in [2.24, 2.45) is 5.92 Å². The maximum absolute atomic E-state index is 11.7. The van der Waals surface area contributed by atoms with Crippen molar-refractivity contribution in [2.75, 3.05) is 24.6 Å². The molecule has 0 saturated heterocycles. The zero-order valence-corrected chi connectivity index (χ0v) is 12.4. The van der Waals surface area contributed by atoms with Crippen LogP contribution >= 0.6 is 0 Å². The molecule has 0 atom stereocenters. The summed E-state index contributed by atoms with van der Waals surface area (Å²) in [4.78, 5) is 0. The summed E-state index contributed by atoms with van der Waals surface area (Å²) in [6.45, 7) is 0.669. The van der Waals surface area contributed by atoms with Gasteiger partial charge in [-0.2, -0.15) is 0 Å². The van der Waals surface area contributed by atoms with E-state index in [9.17, 15) is 8.42 Å². The fraction of sp³-hybridized carbons (Fsp3) is 0.571. The molecule has 0 amide bonds. The Morgan fingerprint density at radius 2 is 1.95 bits per heavy atom. The van der Waals surface area contributed by atoms with Crippen molar-refractivity contribution in [3.8, 4) is 5.75 Å². The fourth-order valence-electron chi connectivity index (χ4n) is 1.93. The van der Waals surface area contributed by atoms with E-state index in [4.69, 9.17) is 10.5 Å². The molecule has 0 unspecified atom stereocenters. The first-order valence-corrected chi connectivity index (χ1v) is 8.66. The van der Waals surface area contributed by atoms with E-state index in [1.54, 1.807) is 24.3 Å². The third-order valence-corrected chi connectivity index (χ3v) is 4.66. The van der Waals surface area contributed by atoms with Gasteiger partial charge in [-0.3, -0.25) is 0 Å². The molecule has 0 spiro atoms. The molecule has 5 nitrogen and oxygen atoms in total. The Labute approximate surface area is 120 Å². The van der Waals surface area contributed by atoms with Crippen LogP contribution in [-0.2, 0) is 10.0 Å². The molecule has 1 aliphatic rings. The minimum atomic E-state index is -3.24. The number of nitrogens with two attached hydrogens (primary N) is 1. The summed E-state index contributed by atoms with van der Waals surface area (Å²) in [7, 11) is -3.24. The van der Waals surface area contributed by atoms with Crippen LogP contribution in [0.15, 0.2) is 24.3 Å². The highest BCUT2D eigenvalue weighted by Crippen LogP contribution is 2.33. The number of rotatable bonds is 9. The Morgan fingerprint density at radius 3 is 2.60 bits per heavy atom. The maximum Gasteiger partial charge on any atom is 0.214 e. The van der Waals surface area contributed by atoms with Gasteiger partial charge in [-0.1, -0.05) is 12.8 Å². The molecule has 20 heavy (non-hydrogen) atoms. The lowest BCUT2D eigenvalue weighted by Crippen LogP contribution is -2.29. The SMILES string of the molecule is Nc1ccc(OCCS(=O)(=O)NCCCC2CC2)cc1. The van der Waals surface area contributed by atoms with Gasteiger partial charge in [0.05, 0.1) is 5.75 Å². The Balaban J connectivity index is 1.62. The van der Waals surface area contributed by atoms with Gasteiger partial charge in [0.2, 0.25) is 10.0 Å². The van der Waals surface area contributed by atoms with Gasteiger partial charge in [-0.15, -0.1) is 0 Å². The van der Waals surface area contributed by atoms with E-state index in [0.29, 0.717) is 18.0 Å². The minimum Gasteiger partial charge on any atom is -0.492 e. The molecule has 0 heterocycles. The van der Waals surface area contributed by atoms with Crippen LogP contribution in [-0.4, -0.2) is 27.3 Å². The third-order valence-electron chi connectivity index (χ3n) is 3.31. The van der Waals surface area contributed by atoms with Gasteiger partial charge in [-0.25, -0.2) is 13.1 Å². The first-order chi connectivity index (χ1) is 9.55. The zero-order chi connectivity index (χ0) is 14.4. The summed E-state index contributed by atoms with van der Waals surface area (Å²) in [5, 5.41) is 0. The Hall–Kier alpha value is -1.27. The topological polar surface area (TPSA) is 81.4 Å². The number of ether oxygens (including phenoxy) is 1. The fourth-order valence-corrected chi connectivity index (χ4v) is 2.83. The number of benzene rings is 1. The molecule has 112 valence electrons. The number of nitrogen functional groups attached to an aromatic ring is 1. The molecular formula is C14H22N2O3S. The highest BCUT2D eigenvalue weighted by Gasteiger charge is 2.20. The molecule has 1 aromatic rings. The van der Waals surface area contributed by atoms with Gasteiger partial charge >= 0.3 is 0 Å². The molecule has 0 radical (unpaired) electrons. The largest absolute Gasteiger partial charge is 0.492 e. The van der Waals surface area contributed by atoms with Crippen LogP contribution in [0.1, 0.15) is 25.7 Å². The van der Waals surface area contributed by atoms with Crippen LogP contribution in [0.5, 0.6) is 5.75 Å². The second-order valence-corrected chi connectivity index (χ2v) is 7.14. The van der Waals surface area contributed by atoms with Crippen molar-refractivity contribution in [3.05, 3.63) is 24.3 Å². The Morgan fingerprint density at radius 1 is 1.25 bits per heavy atom. The number of hydrogen-bond acceptors (Lipinski definition) is 4. The second kappa shape index (κ2) is 6.95. The van der Waals surface area contributed by atoms with Gasteiger partial charge < -0.3 is 10.5 Å². The summed E-state index contributed by atoms with van der Waals surface area (Å²) in [6.07, 6.45) is 4.66. The molecule has 6 heteroatoms. The van der Waals surface area contributed by atoms with Crippen molar-refractivity contribution >= 4 is 15.7 Å². The number of hydrogen-bond donors (Lipinski definition) is 2. The molecule has 1 aromatic carbocycles. The molecule has 1 fully saturated rings. The van der Waals surface area contributed by atoms with E-state index >= 15 is 0 Å². The van der Waals surface area contributed by atoms with Crippen molar-refractivity contribution in [1.82, 2.24) is 4.72 Å². The molecule has 1 aliphatic carbocycles. The minimum absolute atomic E-state index is 0.0270. The molecular weight excluding hydrogens is 276 g/mol. The molecule has 1 saturated carbocycles. The van der Waals surface area contributed by atoms with E-state index in [1.165, 1.54) is 12.8 Å². The molecule has 0 aliphatic heterocycles. The smallest absolute Gasteiger partial charge is 0.214 e. The normalized spacial score (nSPS) is 15.2. The molecule has 0 bridgehead atoms. The van der Waals surface area contributed by atoms with Crippen molar-refractivity contribution in [1.29, 1.82) is 0 Å². The van der Waals surface area contributed by atoms with E-state index in [0.717, 1.165) is 18.8 Å². The summed E-state index contributed by atoms with van der Waals surface area (Å²) in [6, 6.07) is 6.90. The monoisotopic (exact) mass is 298 g/mol. The van der Waals surface area contributed by atoms with Gasteiger partial charge in [0.1, 0.15) is 12.4 Å². The lowest BCUT2D eigenvalue weighted by molar-refractivity contribution is 0.340. The Bertz CT molecular complexity index is 510. The lowest BCUT2D eigenvalue weighted by atomic mass is 10.2. The van der Waals surface area contributed by atoms with E-state index < -0.39 is 10.0 Å². The zero-order valence-electron chi connectivity index (χ0n) is 11.5. The van der Waals surface area contributed by atoms with Crippen molar-refractivity contribution in [3.63, 3.8) is 0 Å². The van der Waals surface area contributed by atoms with Gasteiger partial charge in [0.25, 0.3) is 0 Å². The van der Waals surface area contributed by atoms with Gasteiger partial charge in [0.15, 0.2) is 0 Å². The molecule has 0 aromatic heterocycles. The van der Waals surface area contributed by atoms with Crippen LogP contribution in [0.25, 0.3) is 0 Å². The van der Waals surface area contributed by atoms with Gasteiger partial charge in [0, 0.05) is 12.2 Å². The van der Waals surface area contributed by atoms with E-state index in [1.807, 2.05) is 0 Å². The standard InChI is InChI=1S/C14H22N2O3S/c15-13-5-7-14(8-6-13)19-10-11-20(17,18)16-9-1-2-12-3-4-12/h5-8,12,16H,1-4,9-11,15H2.